The topological polar surface area (TPSA) is 69.2 Å². The van der Waals surface area contributed by atoms with Crippen LogP contribution >= 0.6 is 0 Å². The summed E-state index contributed by atoms with van der Waals surface area (Å²) in [6, 6.07) is 10.4. The van der Waals surface area contributed by atoms with E-state index >= 15 is 0 Å². The number of rotatable bonds is 7. The minimum absolute atomic E-state index is 0.0919. The smallest absolute Gasteiger partial charge is 0.251 e. The van der Waals surface area contributed by atoms with Crippen molar-refractivity contribution in [1.29, 1.82) is 0 Å². The van der Waals surface area contributed by atoms with E-state index in [0.29, 0.717) is 18.4 Å². The van der Waals surface area contributed by atoms with Gasteiger partial charge in [0.05, 0.1) is 6.54 Å². The number of nitrogens with zero attached hydrogens (tertiary/aromatic N) is 2. The van der Waals surface area contributed by atoms with Crippen LogP contribution in [-0.4, -0.2) is 33.1 Å². The molecule has 128 valence electrons. The highest BCUT2D eigenvalue weighted by molar-refractivity contribution is 5.34. The SMILES string of the molecule is CCc1cc(=O)[nH]c(CN(CCCO)C2CCc3ccccc32)n1. The number of hydrogen-bond acceptors (Lipinski definition) is 4. The molecule has 0 spiro atoms. The van der Waals surface area contributed by atoms with Crippen LogP contribution in [0.2, 0.25) is 0 Å². The van der Waals surface area contributed by atoms with Gasteiger partial charge in [-0.15, -0.1) is 0 Å². The van der Waals surface area contributed by atoms with E-state index in [2.05, 4.69) is 39.1 Å². The van der Waals surface area contributed by atoms with E-state index in [1.54, 1.807) is 6.07 Å². The predicted molar refractivity (Wildman–Crippen MR) is 93.9 cm³/mol. The molecule has 1 aromatic carbocycles. The first-order valence-corrected chi connectivity index (χ1v) is 8.73. The fourth-order valence-corrected chi connectivity index (χ4v) is 3.54. The Kier molecular flexibility index (Phi) is 5.43. The lowest BCUT2D eigenvalue weighted by Gasteiger charge is -2.29. The Bertz CT molecular complexity index is 741. The van der Waals surface area contributed by atoms with Crippen LogP contribution in [0.1, 0.15) is 48.5 Å². The molecule has 5 heteroatoms. The molecule has 1 aliphatic rings. The number of aliphatic hydroxyl groups excluding tert-OH is 1. The zero-order valence-electron chi connectivity index (χ0n) is 14.2. The van der Waals surface area contributed by atoms with Crippen molar-refractivity contribution >= 4 is 0 Å². The second-order valence-corrected chi connectivity index (χ2v) is 6.34. The van der Waals surface area contributed by atoms with Crippen molar-refractivity contribution in [1.82, 2.24) is 14.9 Å². The summed E-state index contributed by atoms with van der Waals surface area (Å²) in [4.78, 5) is 21.6. The van der Waals surface area contributed by atoms with Crippen molar-refractivity contribution in [3.63, 3.8) is 0 Å². The summed E-state index contributed by atoms with van der Waals surface area (Å²) in [6.45, 7) is 3.56. The van der Waals surface area contributed by atoms with E-state index in [9.17, 15) is 9.90 Å². The van der Waals surface area contributed by atoms with Crippen LogP contribution in [0.15, 0.2) is 35.1 Å². The van der Waals surface area contributed by atoms with E-state index in [4.69, 9.17) is 0 Å². The summed E-state index contributed by atoms with van der Waals surface area (Å²) in [5.74, 6) is 0.710. The lowest BCUT2D eigenvalue weighted by molar-refractivity contribution is 0.162. The van der Waals surface area contributed by atoms with Gasteiger partial charge in [-0.2, -0.15) is 0 Å². The molecule has 0 bridgehead atoms. The van der Waals surface area contributed by atoms with E-state index in [1.807, 2.05) is 6.92 Å². The van der Waals surface area contributed by atoms with Gasteiger partial charge in [-0.3, -0.25) is 9.69 Å². The van der Waals surface area contributed by atoms with Crippen molar-refractivity contribution in [2.75, 3.05) is 13.2 Å². The minimum atomic E-state index is -0.0919. The van der Waals surface area contributed by atoms with E-state index < -0.39 is 0 Å². The van der Waals surface area contributed by atoms with Gasteiger partial charge in [-0.05, 0) is 36.8 Å². The highest BCUT2D eigenvalue weighted by atomic mass is 16.3. The number of benzene rings is 1. The summed E-state index contributed by atoms with van der Waals surface area (Å²) in [5.41, 5.74) is 3.50. The Labute approximate surface area is 142 Å². The molecule has 2 aromatic rings. The predicted octanol–water partition coefficient (Wildman–Crippen LogP) is 2.20. The van der Waals surface area contributed by atoms with Crippen LogP contribution < -0.4 is 5.56 Å². The van der Waals surface area contributed by atoms with Crippen molar-refractivity contribution in [3.8, 4) is 0 Å². The second kappa shape index (κ2) is 7.73. The number of aromatic amines is 1. The highest BCUT2D eigenvalue weighted by Crippen LogP contribution is 2.36. The van der Waals surface area contributed by atoms with Crippen molar-refractivity contribution in [3.05, 3.63) is 63.3 Å². The number of hydrogen-bond donors (Lipinski definition) is 2. The van der Waals surface area contributed by atoms with E-state index in [-0.39, 0.29) is 12.2 Å². The maximum atomic E-state index is 11.8. The molecule has 1 aliphatic carbocycles. The first-order valence-electron chi connectivity index (χ1n) is 8.73. The lowest BCUT2D eigenvalue weighted by atomic mass is 10.1. The molecular formula is C19H25N3O2. The fraction of sp³-hybridized carbons (Fsp3) is 0.474. The zero-order valence-corrected chi connectivity index (χ0v) is 14.2. The molecule has 24 heavy (non-hydrogen) atoms. The average molecular weight is 327 g/mol. The quantitative estimate of drug-likeness (QED) is 0.818. The maximum absolute atomic E-state index is 11.8. The van der Waals surface area contributed by atoms with Crippen LogP contribution in [0.5, 0.6) is 0 Å². The summed E-state index contributed by atoms with van der Waals surface area (Å²) in [5, 5.41) is 9.25. The summed E-state index contributed by atoms with van der Waals surface area (Å²) in [6.07, 6.45) is 3.62. The van der Waals surface area contributed by atoms with Crippen molar-refractivity contribution in [2.45, 2.75) is 45.2 Å². The van der Waals surface area contributed by atoms with Crippen molar-refractivity contribution < 1.29 is 5.11 Å². The Morgan fingerprint density at radius 1 is 1.38 bits per heavy atom. The van der Waals surface area contributed by atoms with Gasteiger partial charge >= 0.3 is 0 Å². The average Bonchev–Trinajstić information content (AvgIpc) is 3.02. The van der Waals surface area contributed by atoms with Crippen LogP contribution in [0.3, 0.4) is 0 Å². The Hall–Kier alpha value is -1.98. The molecule has 1 atom stereocenters. The van der Waals surface area contributed by atoms with Gasteiger partial charge in [0.25, 0.3) is 5.56 Å². The number of H-pyrrole nitrogens is 1. The molecule has 0 saturated carbocycles. The molecule has 3 rings (SSSR count). The number of aryl methyl sites for hydroxylation is 2. The lowest BCUT2D eigenvalue weighted by Crippen LogP contribution is -2.30. The van der Waals surface area contributed by atoms with Crippen molar-refractivity contribution in [2.24, 2.45) is 0 Å². The van der Waals surface area contributed by atoms with Crippen LogP contribution in [0.4, 0.5) is 0 Å². The highest BCUT2D eigenvalue weighted by Gasteiger charge is 2.27. The van der Waals surface area contributed by atoms with Gasteiger partial charge in [-0.25, -0.2) is 4.98 Å². The standard InChI is InChI=1S/C19H25N3O2/c1-2-15-12-19(24)21-18(20-15)13-22(10-5-11-23)17-9-8-14-6-3-4-7-16(14)17/h3-4,6-7,12,17,23H,2,5,8-11,13H2,1H3,(H,20,21,24). The molecule has 0 aliphatic heterocycles. The first-order chi connectivity index (χ1) is 11.7. The summed E-state index contributed by atoms with van der Waals surface area (Å²) in [7, 11) is 0. The number of nitrogens with one attached hydrogen (secondary N) is 1. The van der Waals surface area contributed by atoms with E-state index in [1.165, 1.54) is 11.1 Å². The Balaban J connectivity index is 1.85. The summed E-state index contributed by atoms with van der Waals surface area (Å²) >= 11 is 0. The molecule has 0 fully saturated rings. The minimum Gasteiger partial charge on any atom is -0.396 e. The normalized spacial score (nSPS) is 16.5. The Morgan fingerprint density at radius 2 is 2.21 bits per heavy atom. The number of fused-ring (bicyclic) bond motifs is 1. The zero-order chi connectivity index (χ0) is 16.9. The molecule has 2 N–H and O–H groups in total. The molecule has 1 aromatic heterocycles. The molecule has 0 radical (unpaired) electrons. The maximum Gasteiger partial charge on any atom is 0.251 e. The van der Waals surface area contributed by atoms with Gasteiger partial charge < -0.3 is 10.1 Å². The second-order valence-electron chi connectivity index (χ2n) is 6.34. The first kappa shape index (κ1) is 16.9. The van der Waals surface area contributed by atoms with Gasteiger partial charge in [-0.1, -0.05) is 31.2 Å². The van der Waals surface area contributed by atoms with Crippen LogP contribution in [0.25, 0.3) is 0 Å². The monoisotopic (exact) mass is 327 g/mol. The third-order valence-corrected chi connectivity index (χ3v) is 4.70. The van der Waals surface area contributed by atoms with E-state index in [0.717, 1.165) is 37.9 Å². The number of aromatic nitrogens is 2. The van der Waals surface area contributed by atoms with Gasteiger partial charge in [0.1, 0.15) is 5.82 Å². The molecule has 0 amide bonds. The molecular weight excluding hydrogens is 302 g/mol. The molecule has 0 saturated heterocycles. The molecule has 1 unspecified atom stereocenters. The third-order valence-electron chi connectivity index (χ3n) is 4.70. The van der Waals surface area contributed by atoms with Crippen LogP contribution in [-0.2, 0) is 19.4 Å². The number of aliphatic hydroxyl groups is 1. The van der Waals surface area contributed by atoms with Gasteiger partial charge in [0, 0.05) is 31.0 Å². The third kappa shape index (κ3) is 3.74. The molecule has 5 nitrogen and oxygen atoms in total. The fourth-order valence-electron chi connectivity index (χ4n) is 3.54. The van der Waals surface area contributed by atoms with Gasteiger partial charge in [0.2, 0.25) is 0 Å². The van der Waals surface area contributed by atoms with Crippen LogP contribution in [0, 0.1) is 0 Å². The van der Waals surface area contributed by atoms with Gasteiger partial charge in [0.15, 0.2) is 0 Å². The Morgan fingerprint density at radius 3 is 3.00 bits per heavy atom. The summed E-state index contributed by atoms with van der Waals surface area (Å²) < 4.78 is 0. The molecule has 1 heterocycles. The largest absolute Gasteiger partial charge is 0.396 e.